The fraction of sp³-hybridized carbons (Fsp3) is 0.769. The van der Waals surface area contributed by atoms with Gasteiger partial charge in [-0.3, -0.25) is 4.98 Å². The molecular weight excluding hydrogens is 477 g/mol. The smallest absolute Gasteiger partial charge is 0.193 e. The minimum Gasteiger partial charge on any atom is -0.591 e. The van der Waals surface area contributed by atoms with Crippen molar-refractivity contribution in [1.29, 1.82) is 0 Å². The third kappa shape index (κ3) is 9.17. The average Bonchev–Trinajstić information content (AvgIpc) is 2.66. The van der Waals surface area contributed by atoms with E-state index in [-0.39, 0.29) is 22.1 Å². The lowest BCUT2D eigenvalue weighted by molar-refractivity contribution is 0.129. The number of hydrogen-bond donors (Lipinski definition) is 0. The molecule has 196 valence electrons. The van der Waals surface area contributed by atoms with Gasteiger partial charge in [-0.05, 0) is 75.6 Å². The maximum Gasteiger partial charge on any atom is 0.193 e. The molecule has 0 aliphatic carbocycles. The molecule has 34 heavy (non-hydrogen) atoms. The largest absolute Gasteiger partial charge is 0.591 e. The molecule has 1 aromatic heterocycles. The van der Waals surface area contributed by atoms with Crippen molar-refractivity contribution >= 4 is 34.2 Å². The molecule has 1 aromatic rings. The number of hydrogen-bond acceptors (Lipinski definition) is 5. The molecule has 0 amide bonds. The summed E-state index contributed by atoms with van der Waals surface area (Å²) in [6.45, 7) is 29.0. The zero-order valence-corrected chi connectivity index (χ0v) is 26.8. The Kier molecular flexibility index (Phi) is 10.8. The summed E-state index contributed by atoms with van der Waals surface area (Å²) in [4.78, 5) is 4.67. The van der Waals surface area contributed by atoms with Crippen LogP contribution < -0.4 is 0 Å². The second-order valence-electron chi connectivity index (χ2n) is 13.2. The SMILES string of the molecule is CC(C)(C)[S+]([O-])N=CC(CCO[Si](C)(C)C(C)(C)C)C(O[Si](C)(C)C(C)(C)C)c1ccccn1. The van der Waals surface area contributed by atoms with Crippen LogP contribution in [0, 0.1) is 5.92 Å². The molecule has 3 atom stereocenters. The third-order valence-electron chi connectivity index (χ3n) is 7.19. The molecule has 3 unspecified atom stereocenters. The molecule has 0 radical (unpaired) electrons. The normalized spacial score (nSPS) is 17.1. The van der Waals surface area contributed by atoms with E-state index >= 15 is 0 Å². The van der Waals surface area contributed by atoms with Crippen LogP contribution in [-0.2, 0) is 20.2 Å². The molecule has 0 N–H and O–H groups in total. The van der Waals surface area contributed by atoms with Crippen molar-refractivity contribution in [2.24, 2.45) is 10.3 Å². The summed E-state index contributed by atoms with van der Waals surface area (Å²) in [6, 6.07) is 5.94. The van der Waals surface area contributed by atoms with E-state index < -0.39 is 32.7 Å². The van der Waals surface area contributed by atoms with Gasteiger partial charge in [-0.1, -0.05) is 52.0 Å². The minimum atomic E-state index is -2.12. The summed E-state index contributed by atoms with van der Waals surface area (Å²) in [5, 5.41) is 0.190. The summed E-state index contributed by atoms with van der Waals surface area (Å²) in [5.41, 5.74) is 0.887. The lowest BCUT2D eigenvalue weighted by atomic mass is 9.97. The van der Waals surface area contributed by atoms with Crippen LogP contribution in [0.15, 0.2) is 28.8 Å². The minimum absolute atomic E-state index is 0.0492. The van der Waals surface area contributed by atoms with Crippen molar-refractivity contribution in [3.63, 3.8) is 0 Å². The number of nitrogens with zero attached hydrogens (tertiary/aromatic N) is 2. The predicted molar refractivity (Wildman–Crippen MR) is 153 cm³/mol. The van der Waals surface area contributed by atoms with Crippen LogP contribution in [0.3, 0.4) is 0 Å². The van der Waals surface area contributed by atoms with E-state index in [2.05, 4.69) is 77.1 Å². The van der Waals surface area contributed by atoms with Crippen LogP contribution >= 0.6 is 0 Å². The van der Waals surface area contributed by atoms with Gasteiger partial charge >= 0.3 is 0 Å². The molecule has 0 aliphatic rings. The van der Waals surface area contributed by atoms with E-state index in [0.29, 0.717) is 6.61 Å². The highest BCUT2D eigenvalue weighted by molar-refractivity contribution is 7.91. The van der Waals surface area contributed by atoms with Crippen molar-refractivity contribution in [2.45, 2.75) is 116 Å². The van der Waals surface area contributed by atoms with Crippen molar-refractivity contribution in [3.05, 3.63) is 30.1 Å². The van der Waals surface area contributed by atoms with Crippen molar-refractivity contribution in [3.8, 4) is 0 Å². The first kappa shape index (κ1) is 31.5. The van der Waals surface area contributed by atoms with Gasteiger partial charge in [0, 0.05) is 18.7 Å². The van der Waals surface area contributed by atoms with Gasteiger partial charge in [-0.15, -0.1) is 0 Å². The quantitative estimate of drug-likeness (QED) is 0.178. The Hall–Kier alpha value is -0.516. The molecule has 0 bridgehead atoms. The van der Waals surface area contributed by atoms with E-state index in [0.717, 1.165) is 12.1 Å². The van der Waals surface area contributed by atoms with E-state index in [9.17, 15) is 4.55 Å². The van der Waals surface area contributed by atoms with E-state index in [1.165, 1.54) is 0 Å². The molecule has 0 fully saturated rings. The summed E-state index contributed by atoms with van der Waals surface area (Å²) in [5.74, 6) is -0.0971. The fourth-order valence-electron chi connectivity index (χ4n) is 2.67. The van der Waals surface area contributed by atoms with Crippen LogP contribution in [0.4, 0.5) is 0 Å². The third-order valence-corrected chi connectivity index (χ3v) is 17.5. The Morgan fingerprint density at radius 1 is 0.971 bits per heavy atom. The lowest BCUT2D eigenvalue weighted by Crippen LogP contribution is -2.44. The second kappa shape index (κ2) is 11.7. The standard InChI is InChI=1S/C26H50N2O3SSi2/c1-24(2,3)32(29)28-20-21(17-19-30-33(10,11)25(4,5)6)23(22-16-14-15-18-27-22)31-34(12,13)26(7,8)9/h14-16,18,20-21,23H,17,19H2,1-13H3. The highest BCUT2D eigenvalue weighted by Crippen LogP contribution is 2.42. The number of rotatable bonds is 10. The average molecular weight is 527 g/mol. The first-order valence-electron chi connectivity index (χ1n) is 12.4. The Labute approximate surface area is 215 Å². The first-order valence-corrected chi connectivity index (χ1v) is 19.3. The highest BCUT2D eigenvalue weighted by atomic mass is 32.2. The molecule has 1 heterocycles. The van der Waals surface area contributed by atoms with Crippen LogP contribution in [0.25, 0.3) is 0 Å². The van der Waals surface area contributed by atoms with Gasteiger partial charge in [0.15, 0.2) is 16.6 Å². The molecule has 0 saturated carbocycles. The predicted octanol–water partition coefficient (Wildman–Crippen LogP) is 7.71. The van der Waals surface area contributed by atoms with Crippen LogP contribution in [0.2, 0.25) is 36.3 Å². The Morgan fingerprint density at radius 2 is 1.53 bits per heavy atom. The molecule has 0 saturated heterocycles. The molecule has 8 heteroatoms. The van der Waals surface area contributed by atoms with Crippen LogP contribution in [-0.4, -0.2) is 43.7 Å². The summed E-state index contributed by atoms with van der Waals surface area (Å²) >= 11 is -1.34. The molecule has 1 rings (SSSR count). The number of aromatic nitrogens is 1. The van der Waals surface area contributed by atoms with Crippen molar-refractivity contribution in [1.82, 2.24) is 4.98 Å². The lowest BCUT2D eigenvalue weighted by Gasteiger charge is -2.41. The highest BCUT2D eigenvalue weighted by Gasteiger charge is 2.42. The van der Waals surface area contributed by atoms with Gasteiger partial charge < -0.3 is 13.4 Å². The zero-order valence-electron chi connectivity index (χ0n) is 24.0. The fourth-order valence-corrected chi connectivity index (χ4v) is 5.60. The van der Waals surface area contributed by atoms with Crippen molar-refractivity contribution in [2.75, 3.05) is 6.61 Å². The number of pyridine rings is 1. The Balaban J connectivity index is 3.36. The summed E-state index contributed by atoms with van der Waals surface area (Å²) in [6.07, 6.45) is 4.12. The topological polar surface area (TPSA) is 66.8 Å². The van der Waals surface area contributed by atoms with Gasteiger partial charge in [0.1, 0.15) is 16.1 Å². The van der Waals surface area contributed by atoms with Crippen LogP contribution in [0.1, 0.15) is 80.5 Å². The second-order valence-corrected chi connectivity index (χ2v) is 24.7. The van der Waals surface area contributed by atoms with E-state index in [1.54, 1.807) is 0 Å². The van der Waals surface area contributed by atoms with Gasteiger partial charge in [0.2, 0.25) is 0 Å². The molecule has 0 aromatic carbocycles. The molecular formula is C26H50N2O3SSi2. The maximum atomic E-state index is 12.8. The molecule has 0 spiro atoms. The molecule has 0 aliphatic heterocycles. The van der Waals surface area contributed by atoms with Gasteiger partial charge in [0.25, 0.3) is 0 Å². The van der Waals surface area contributed by atoms with Crippen LogP contribution in [0.5, 0.6) is 0 Å². The van der Waals surface area contributed by atoms with Gasteiger partial charge in [-0.25, -0.2) is 0 Å². The summed E-state index contributed by atoms with van der Waals surface area (Å²) < 4.78 is 30.3. The van der Waals surface area contributed by atoms with Gasteiger partial charge in [-0.2, -0.15) is 0 Å². The Bertz CT molecular complexity index is 782. The zero-order chi connectivity index (χ0) is 26.6. The Morgan fingerprint density at radius 3 is 1.97 bits per heavy atom. The van der Waals surface area contributed by atoms with Gasteiger partial charge in [0.05, 0.1) is 18.0 Å². The maximum absolute atomic E-state index is 12.8. The first-order chi connectivity index (χ1) is 15.2. The summed E-state index contributed by atoms with van der Waals surface area (Å²) in [7, 11) is -4.01. The van der Waals surface area contributed by atoms with Crippen molar-refractivity contribution < 1.29 is 13.4 Å². The monoisotopic (exact) mass is 526 g/mol. The van der Waals surface area contributed by atoms with E-state index in [4.69, 9.17) is 8.85 Å². The molecule has 5 nitrogen and oxygen atoms in total. The van der Waals surface area contributed by atoms with E-state index in [1.807, 2.05) is 51.4 Å².